The van der Waals surface area contributed by atoms with Crippen LogP contribution >= 0.6 is 22.9 Å². The third kappa shape index (κ3) is 2.88. The van der Waals surface area contributed by atoms with Gasteiger partial charge in [-0.05, 0) is 29.7 Å². The predicted octanol–water partition coefficient (Wildman–Crippen LogP) is 5.14. The SMILES string of the molecule is Cc1ccccc1-c1csc2c(=O)n(Cc3ccccc3Cl)cnc12. The van der Waals surface area contributed by atoms with Gasteiger partial charge in [0.1, 0.15) is 4.70 Å². The Labute approximate surface area is 154 Å². The molecule has 0 fully saturated rings. The molecule has 0 amide bonds. The number of fused-ring (bicyclic) bond motifs is 1. The highest BCUT2D eigenvalue weighted by Gasteiger charge is 2.14. The Hall–Kier alpha value is -2.43. The lowest BCUT2D eigenvalue weighted by Gasteiger charge is -2.08. The molecular formula is C20H15ClN2OS. The molecule has 2 heterocycles. The molecule has 0 saturated heterocycles. The second kappa shape index (κ2) is 6.47. The Morgan fingerprint density at radius 1 is 1.08 bits per heavy atom. The number of hydrogen-bond donors (Lipinski definition) is 0. The number of thiophene rings is 1. The molecule has 0 aliphatic carbocycles. The van der Waals surface area contributed by atoms with Crippen LogP contribution in [0.4, 0.5) is 0 Å². The summed E-state index contributed by atoms with van der Waals surface area (Å²) in [6.45, 7) is 2.48. The minimum Gasteiger partial charge on any atom is -0.293 e. The van der Waals surface area contributed by atoms with E-state index in [0.717, 1.165) is 22.2 Å². The molecule has 0 unspecified atom stereocenters. The van der Waals surface area contributed by atoms with Gasteiger partial charge in [0.25, 0.3) is 5.56 Å². The molecule has 0 spiro atoms. The molecule has 5 heteroatoms. The number of nitrogens with zero attached hydrogens (tertiary/aromatic N) is 2. The zero-order valence-electron chi connectivity index (χ0n) is 13.6. The average Bonchev–Trinajstić information content (AvgIpc) is 3.04. The van der Waals surface area contributed by atoms with Gasteiger partial charge in [-0.1, -0.05) is 54.1 Å². The van der Waals surface area contributed by atoms with Gasteiger partial charge in [-0.3, -0.25) is 9.36 Å². The molecule has 0 N–H and O–H groups in total. The van der Waals surface area contributed by atoms with Gasteiger partial charge in [0.15, 0.2) is 0 Å². The van der Waals surface area contributed by atoms with Crippen molar-refractivity contribution in [2.45, 2.75) is 13.5 Å². The smallest absolute Gasteiger partial charge is 0.271 e. The van der Waals surface area contributed by atoms with E-state index in [9.17, 15) is 4.79 Å². The lowest BCUT2D eigenvalue weighted by atomic mass is 10.0. The van der Waals surface area contributed by atoms with Crippen molar-refractivity contribution in [1.29, 1.82) is 0 Å². The van der Waals surface area contributed by atoms with Gasteiger partial charge in [-0.2, -0.15) is 0 Å². The van der Waals surface area contributed by atoms with E-state index in [1.165, 1.54) is 16.9 Å². The fourth-order valence-electron chi connectivity index (χ4n) is 2.93. The lowest BCUT2D eigenvalue weighted by molar-refractivity contribution is 0.750. The van der Waals surface area contributed by atoms with E-state index in [-0.39, 0.29) is 5.56 Å². The largest absolute Gasteiger partial charge is 0.293 e. The Kier molecular flexibility index (Phi) is 4.15. The number of aromatic nitrogens is 2. The standard InChI is InChI=1S/C20H15ClN2OS/c1-13-6-2-4-8-15(13)16-11-25-19-18(16)22-12-23(20(19)24)10-14-7-3-5-9-17(14)21/h2-9,11-12H,10H2,1H3. The van der Waals surface area contributed by atoms with Crippen molar-refractivity contribution in [2.24, 2.45) is 0 Å². The van der Waals surface area contributed by atoms with Gasteiger partial charge in [-0.15, -0.1) is 11.3 Å². The van der Waals surface area contributed by atoms with Crippen LogP contribution in [0.1, 0.15) is 11.1 Å². The molecule has 0 aliphatic heterocycles. The lowest BCUT2D eigenvalue weighted by Crippen LogP contribution is -2.20. The van der Waals surface area contributed by atoms with E-state index in [0.29, 0.717) is 16.3 Å². The van der Waals surface area contributed by atoms with Crippen LogP contribution in [0.2, 0.25) is 5.02 Å². The summed E-state index contributed by atoms with van der Waals surface area (Å²) in [7, 11) is 0. The van der Waals surface area contributed by atoms with Crippen molar-refractivity contribution in [1.82, 2.24) is 9.55 Å². The van der Waals surface area contributed by atoms with E-state index < -0.39 is 0 Å². The first-order valence-electron chi connectivity index (χ1n) is 7.91. The zero-order chi connectivity index (χ0) is 17.4. The minimum absolute atomic E-state index is 0.0326. The summed E-state index contributed by atoms with van der Waals surface area (Å²) in [6, 6.07) is 15.7. The molecule has 0 bridgehead atoms. The monoisotopic (exact) mass is 366 g/mol. The van der Waals surface area contributed by atoms with Gasteiger partial charge < -0.3 is 0 Å². The maximum absolute atomic E-state index is 12.9. The highest BCUT2D eigenvalue weighted by molar-refractivity contribution is 7.17. The molecular weight excluding hydrogens is 352 g/mol. The summed E-state index contributed by atoms with van der Waals surface area (Å²) in [4.78, 5) is 17.4. The first kappa shape index (κ1) is 16.1. The van der Waals surface area contributed by atoms with E-state index in [1.807, 2.05) is 41.8 Å². The van der Waals surface area contributed by atoms with Crippen LogP contribution < -0.4 is 5.56 Å². The molecule has 25 heavy (non-hydrogen) atoms. The van der Waals surface area contributed by atoms with E-state index >= 15 is 0 Å². The molecule has 124 valence electrons. The van der Waals surface area contributed by atoms with Crippen molar-refractivity contribution in [3.05, 3.63) is 86.7 Å². The maximum Gasteiger partial charge on any atom is 0.271 e. The van der Waals surface area contributed by atoms with Crippen LogP contribution in [0, 0.1) is 6.92 Å². The second-order valence-electron chi connectivity index (χ2n) is 5.91. The van der Waals surface area contributed by atoms with E-state index in [2.05, 4.69) is 24.0 Å². The summed E-state index contributed by atoms with van der Waals surface area (Å²) in [5.41, 5.74) is 4.94. The van der Waals surface area contributed by atoms with Gasteiger partial charge in [0.2, 0.25) is 0 Å². The maximum atomic E-state index is 12.9. The molecule has 2 aromatic carbocycles. The number of hydrogen-bond acceptors (Lipinski definition) is 3. The highest BCUT2D eigenvalue weighted by Crippen LogP contribution is 2.32. The Balaban J connectivity index is 1.82. The molecule has 3 nitrogen and oxygen atoms in total. The van der Waals surface area contributed by atoms with Crippen molar-refractivity contribution >= 4 is 33.2 Å². The quantitative estimate of drug-likeness (QED) is 0.503. The van der Waals surface area contributed by atoms with Crippen LogP contribution in [-0.4, -0.2) is 9.55 Å². The number of aryl methyl sites for hydroxylation is 1. The minimum atomic E-state index is -0.0326. The Morgan fingerprint density at radius 2 is 1.84 bits per heavy atom. The summed E-state index contributed by atoms with van der Waals surface area (Å²) < 4.78 is 2.29. The van der Waals surface area contributed by atoms with Crippen molar-refractivity contribution in [2.75, 3.05) is 0 Å². The van der Waals surface area contributed by atoms with Crippen molar-refractivity contribution < 1.29 is 0 Å². The number of rotatable bonds is 3. The van der Waals surface area contributed by atoms with E-state index in [4.69, 9.17) is 11.6 Å². The first-order valence-corrected chi connectivity index (χ1v) is 9.17. The molecule has 0 radical (unpaired) electrons. The van der Waals surface area contributed by atoms with Gasteiger partial charge >= 0.3 is 0 Å². The van der Waals surface area contributed by atoms with Crippen LogP contribution in [0.25, 0.3) is 21.3 Å². The van der Waals surface area contributed by atoms with Crippen LogP contribution in [0.3, 0.4) is 0 Å². The van der Waals surface area contributed by atoms with Crippen molar-refractivity contribution in [3.63, 3.8) is 0 Å². The molecule has 0 aliphatic rings. The highest BCUT2D eigenvalue weighted by atomic mass is 35.5. The fraction of sp³-hybridized carbons (Fsp3) is 0.100. The first-order chi connectivity index (χ1) is 12.1. The summed E-state index contributed by atoms with van der Waals surface area (Å²) in [5, 5.41) is 2.67. The van der Waals surface area contributed by atoms with E-state index in [1.54, 1.807) is 10.9 Å². The summed E-state index contributed by atoms with van der Waals surface area (Å²) >= 11 is 7.66. The molecule has 0 saturated carbocycles. The number of halogens is 1. The summed E-state index contributed by atoms with van der Waals surface area (Å²) in [5.74, 6) is 0. The Bertz CT molecular complexity index is 1130. The topological polar surface area (TPSA) is 34.9 Å². The van der Waals surface area contributed by atoms with Gasteiger partial charge in [0, 0.05) is 16.0 Å². The fourth-order valence-corrected chi connectivity index (χ4v) is 4.09. The third-order valence-electron chi connectivity index (χ3n) is 4.28. The predicted molar refractivity (Wildman–Crippen MR) is 105 cm³/mol. The normalized spacial score (nSPS) is 11.1. The summed E-state index contributed by atoms with van der Waals surface area (Å²) in [6.07, 6.45) is 1.61. The van der Waals surface area contributed by atoms with Gasteiger partial charge in [0.05, 0.1) is 18.4 Å². The molecule has 2 aromatic heterocycles. The number of benzene rings is 2. The van der Waals surface area contributed by atoms with Crippen LogP contribution in [0.15, 0.2) is 65.0 Å². The zero-order valence-corrected chi connectivity index (χ0v) is 15.1. The average molecular weight is 367 g/mol. The van der Waals surface area contributed by atoms with Crippen molar-refractivity contribution in [3.8, 4) is 11.1 Å². The molecule has 0 atom stereocenters. The molecule has 4 aromatic rings. The van der Waals surface area contributed by atoms with Crippen LogP contribution in [-0.2, 0) is 6.54 Å². The molecule has 4 rings (SSSR count). The van der Waals surface area contributed by atoms with Crippen LogP contribution in [0.5, 0.6) is 0 Å². The van der Waals surface area contributed by atoms with Gasteiger partial charge in [-0.25, -0.2) is 4.98 Å². The second-order valence-corrected chi connectivity index (χ2v) is 7.20. The Morgan fingerprint density at radius 3 is 2.64 bits per heavy atom. The third-order valence-corrected chi connectivity index (χ3v) is 5.61.